The maximum Gasteiger partial charge on any atom is 0.253 e. The van der Waals surface area contributed by atoms with Crippen LogP contribution in [0.5, 0.6) is 0 Å². The van der Waals surface area contributed by atoms with Crippen LogP contribution in [-0.4, -0.2) is 4.98 Å². The van der Waals surface area contributed by atoms with Gasteiger partial charge in [-0.15, -0.1) is 0 Å². The lowest BCUT2D eigenvalue weighted by Gasteiger charge is -2.01. The van der Waals surface area contributed by atoms with Crippen LogP contribution in [0, 0.1) is 5.82 Å². The van der Waals surface area contributed by atoms with Crippen LogP contribution in [0.1, 0.15) is 0 Å². The average molecular weight is 271 g/mol. The second-order valence-electron chi connectivity index (χ2n) is 4.05. The Hall–Kier alpha value is -2.07. The van der Waals surface area contributed by atoms with E-state index in [0.29, 0.717) is 17.0 Å². The molecule has 0 unspecified atom stereocenters. The number of rotatable bonds is 2. The summed E-state index contributed by atoms with van der Waals surface area (Å²) in [6, 6.07) is 15.8. The minimum Gasteiger partial charge on any atom is -0.431 e. The topological polar surface area (TPSA) is 26.0 Å². The quantitative estimate of drug-likeness (QED) is 0.697. The smallest absolute Gasteiger partial charge is 0.253 e. The molecular formula is C15H10FNOS. The molecule has 19 heavy (non-hydrogen) atoms. The summed E-state index contributed by atoms with van der Waals surface area (Å²) in [5.74, 6) is 0.212. The van der Waals surface area contributed by atoms with E-state index in [1.54, 1.807) is 12.1 Å². The fourth-order valence-electron chi connectivity index (χ4n) is 1.93. The van der Waals surface area contributed by atoms with Crippen LogP contribution in [0.15, 0.2) is 64.2 Å². The molecule has 3 aromatic rings. The van der Waals surface area contributed by atoms with E-state index in [4.69, 9.17) is 4.42 Å². The molecule has 1 heterocycles. The first-order chi connectivity index (χ1) is 9.24. The average Bonchev–Trinajstić information content (AvgIpc) is 2.82. The molecule has 0 saturated carbocycles. The zero-order chi connectivity index (χ0) is 13.2. The van der Waals surface area contributed by atoms with Gasteiger partial charge >= 0.3 is 0 Å². The molecule has 1 aromatic heterocycles. The Kier molecular flexibility index (Phi) is 3.09. The van der Waals surface area contributed by atoms with Gasteiger partial charge in [0, 0.05) is 11.1 Å². The highest BCUT2D eigenvalue weighted by Gasteiger charge is 2.15. The zero-order valence-corrected chi connectivity index (χ0v) is 10.8. The fraction of sp³-hybridized carbons (Fsp3) is 0. The van der Waals surface area contributed by atoms with Gasteiger partial charge in [-0.1, -0.05) is 55.1 Å². The maximum absolute atomic E-state index is 13.3. The SMILES string of the molecule is Fc1cccc(-c2oc(S)nc2-c2ccccc2)c1. The molecule has 0 aliphatic heterocycles. The van der Waals surface area contributed by atoms with Crippen molar-refractivity contribution in [1.29, 1.82) is 0 Å². The summed E-state index contributed by atoms with van der Waals surface area (Å²) >= 11 is 4.13. The van der Waals surface area contributed by atoms with E-state index in [2.05, 4.69) is 17.6 Å². The van der Waals surface area contributed by atoms with Gasteiger partial charge in [0.1, 0.15) is 11.5 Å². The zero-order valence-electron chi connectivity index (χ0n) is 9.88. The van der Waals surface area contributed by atoms with Gasteiger partial charge in [-0.3, -0.25) is 0 Å². The van der Waals surface area contributed by atoms with E-state index >= 15 is 0 Å². The van der Waals surface area contributed by atoms with Crippen LogP contribution >= 0.6 is 12.6 Å². The predicted molar refractivity (Wildman–Crippen MR) is 74.6 cm³/mol. The van der Waals surface area contributed by atoms with Crippen molar-refractivity contribution in [3.8, 4) is 22.6 Å². The molecule has 2 nitrogen and oxygen atoms in total. The molecule has 0 aliphatic carbocycles. The number of thiol groups is 1. The van der Waals surface area contributed by atoms with Gasteiger partial charge in [0.2, 0.25) is 0 Å². The highest BCUT2D eigenvalue weighted by molar-refractivity contribution is 7.80. The Morgan fingerprint density at radius 1 is 0.947 bits per heavy atom. The van der Waals surface area contributed by atoms with Gasteiger partial charge in [-0.25, -0.2) is 9.37 Å². The summed E-state index contributed by atoms with van der Waals surface area (Å²) in [7, 11) is 0. The van der Waals surface area contributed by atoms with Crippen LogP contribution in [0.2, 0.25) is 0 Å². The summed E-state index contributed by atoms with van der Waals surface area (Å²) in [6.45, 7) is 0. The van der Waals surface area contributed by atoms with E-state index in [1.165, 1.54) is 12.1 Å². The van der Waals surface area contributed by atoms with Crippen molar-refractivity contribution in [3.63, 3.8) is 0 Å². The largest absolute Gasteiger partial charge is 0.431 e. The Labute approximate surface area is 115 Å². The molecular weight excluding hydrogens is 261 g/mol. The number of hydrogen-bond donors (Lipinski definition) is 1. The number of hydrogen-bond acceptors (Lipinski definition) is 3. The van der Waals surface area contributed by atoms with Gasteiger partial charge in [0.05, 0.1) is 0 Å². The van der Waals surface area contributed by atoms with Crippen molar-refractivity contribution < 1.29 is 8.81 Å². The lowest BCUT2D eigenvalue weighted by atomic mass is 10.1. The van der Waals surface area contributed by atoms with Crippen LogP contribution in [0.3, 0.4) is 0 Å². The van der Waals surface area contributed by atoms with Crippen LogP contribution in [-0.2, 0) is 0 Å². The van der Waals surface area contributed by atoms with Crippen molar-refractivity contribution in [1.82, 2.24) is 4.98 Å². The third-order valence-electron chi connectivity index (χ3n) is 2.75. The standard InChI is InChI=1S/C15H10FNOS/c16-12-8-4-7-11(9-12)14-13(17-15(19)18-14)10-5-2-1-3-6-10/h1-9H,(H,17,19). The molecule has 0 spiro atoms. The summed E-state index contributed by atoms with van der Waals surface area (Å²) in [4.78, 5) is 4.26. The normalized spacial score (nSPS) is 10.6. The molecule has 0 amide bonds. The van der Waals surface area contributed by atoms with E-state index < -0.39 is 0 Å². The first-order valence-electron chi connectivity index (χ1n) is 5.75. The van der Waals surface area contributed by atoms with Crippen molar-refractivity contribution in [2.75, 3.05) is 0 Å². The second kappa shape index (κ2) is 4.90. The highest BCUT2D eigenvalue weighted by atomic mass is 32.1. The molecule has 94 valence electrons. The summed E-state index contributed by atoms with van der Waals surface area (Å²) in [6.07, 6.45) is 0. The Morgan fingerprint density at radius 3 is 2.42 bits per heavy atom. The first-order valence-corrected chi connectivity index (χ1v) is 6.20. The van der Waals surface area contributed by atoms with Gasteiger partial charge in [-0.05, 0) is 12.1 Å². The van der Waals surface area contributed by atoms with E-state index in [-0.39, 0.29) is 11.0 Å². The number of aromatic nitrogens is 1. The van der Waals surface area contributed by atoms with Crippen LogP contribution < -0.4 is 0 Å². The van der Waals surface area contributed by atoms with Crippen molar-refractivity contribution >= 4 is 12.6 Å². The van der Waals surface area contributed by atoms with Crippen LogP contribution in [0.4, 0.5) is 4.39 Å². The fourth-order valence-corrected chi connectivity index (χ4v) is 2.12. The predicted octanol–water partition coefficient (Wildman–Crippen LogP) is 4.44. The minimum atomic E-state index is -0.311. The van der Waals surface area contributed by atoms with Gasteiger partial charge in [0.15, 0.2) is 5.76 Å². The molecule has 4 heteroatoms. The molecule has 0 radical (unpaired) electrons. The van der Waals surface area contributed by atoms with E-state index in [1.807, 2.05) is 30.3 Å². The molecule has 0 saturated heterocycles. The molecule has 2 aromatic carbocycles. The number of halogens is 1. The van der Waals surface area contributed by atoms with Gasteiger partial charge in [0.25, 0.3) is 5.22 Å². The van der Waals surface area contributed by atoms with Gasteiger partial charge in [-0.2, -0.15) is 0 Å². The lowest BCUT2D eigenvalue weighted by Crippen LogP contribution is -1.83. The van der Waals surface area contributed by atoms with Crippen molar-refractivity contribution in [2.24, 2.45) is 0 Å². The molecule has 3 rings (SSSR count). The first kappa shape index (κ1) is 12.0. The summed E-state index contributed by atoms with van der Waals surface area (Å²) in [5, 5.41) is 0.262. The van der Waals surface area contributed by atoms with Crippen molar-refractivity contribution in [2.45, 2.75) is 5.22 Å². The highest BCUT2D eigenvalue weighted by Crippen LogP contribution is 2.33. The molecule has 0 fully saturated rings. The number of nitrogens with zero attached hydrogens (tertiary/aromatic N) is 1. The van der Waals surface area contributed by atoms with Crippen molar-refractivity contribution in [3.05, 3.63) is 60.4 Å². The Morgan fingerprint density at radius 2 is 1.68 bits per heavy atom. The molecule has 0 atom stereocenters. The third-order valence-corrected chi connectivity index (χ3v) is 2.94. The number of oxazole rings is 1. The number of benzene rings is 2. The molecule has 0 N–H and O–H groups in total. The monoisotopic (exact) mass is 271 g/mol. The third kappa shape index (κ3) is 2.39. The minimum absolute atomic E-state index is 0.262. The summed E-state index contributed by atoms with van der Waals surface area (Å²) in [5.41, 5.74) is 2.22. The Bertz CT molecular complexity index is 709. The van der Waals surface area contributed by atoms with E-state index in [0.717, 1.165) is 5.56 Å². The van der Waals surface area contributed by atoms with Crippen LogP contribution in [0.25, 0.3) is 22.6 Å². The molecule has 0 aliphatic rings. The lowest BCUT2D eigenvalue weighted by molar-refractivity contribution is 0.468. The maximum atomic E-state index is 13.3. The molecule has 0 bridgehead atoms. The van der Waals surface area contributed by atoms with Gasteiger partial charge < -0.3 is 4.42 Å². The second-order valence-corrected chi connectivity index (χ2v) is 4.43. The Balaban J connectivity index is 2.18. The van der Waals surface area contributed by atoms with E-state index in [9.17, 15) is 4.39 Å². The summed E-state index contributed by atoms with van der Waals surface area (Å²) < 4.78 is 18.8.